The van der Waals surface area contributed by atoms with Crippen LogP contribution in [-0.2, 0) is 20.0 Å². The zero-order valence-corrected chi connectivity index (χ0v) is 12.1. The standard InChI is InChI=1S/C11H16N2O4S2/c1-13(9-5-4-6-9)19(16,17)11-8-3-2-7-10(11)18(12,14)15/h2-3,7-9H,4-6H2,1H3,(H2,12,14,15). The third-order valence-electron chi connectivity index (χ3n) is 3.40. The van der Waals surface area contributed by atoms with E-state index in [4.69, 9.17) is 5.14 Å². The molecule has 0 heterocycles. The molecule has 1 aliphatic carbocycles. The normalized spacial score (nSPS) is 17.4. The third-order valence-corrected chi connectivity index (χ3v) is 6.47. The molecule has 6 nitrogen and oxygen atoms in total. The Morgan fingerprint density at radius 2 is 1.63 bits per heavy atom. The molecule has 0 radical (unpaired) electrons. The van der Waals surface area contributed by atoms with E-state index in [1.54, 1.807) is 0 Å². The van der Waals surface area contributed by atoms with Gasteiger partial charge >= 0.3 is 0 Å². The first kappa shape index (κ1) is 14.4. The van der Waals surface area contributed by atoms with Crippen LogP contribution in [0.3, 0.4) is 0 Å². The van der Waals surface area contributed by atoms with Crippen LogP contribution in [0.2, 0.25) is 0 Å². The smallest absolute Gasteiger partial charge is 0.225 e. The number of rotatable bonds is 4. The molecule has 1 aliphatic rings. The lowest BCUT2D eigenvalue weighted by molar-refractivity contribution is 0.249. The molecule has 0 amide bonds. The summed E-state index contributed by atoms with van der Waals surface area (Å²) >= 11 is 0. The van der Waals surface area contributed by atoms with Crippen molar-refractivity contribution in [1.82, 2.24) is 4.31 Å². The highest BCUT2D eigenvalue weighted by Gasteiger charge is 2.34. The van der Waals surface area contributed by atoms with E-state index in [0.29, 0.717) is 0 Å². The van der Waals surface area contributed by atoms with Crippen LogP contribution in [0.4, 0.5) is 0 Å². The number of hydrogen-bond acceptors (Lipinski definition) is 4. The Bertz CT molecular complexity index is 678. The summed E-state index contributed by atoms with van der Waals surface area (Å²) in [5, 5.41) is 5.07. The minimum Gasteiger partial charge on any atom is -0.225 e. The van der Waals surface area contributed by atoms with Gasteiger partial charge in [0.25, 0.3) is 0 Å². The summed E-state index contributed by atoms with van der Waals surface area (Å²) in [5.74, 6) is 0. The summed E-state index contributed by atoms with van der Waals surface area (Å²) < 4.78 is 49.1. The van der Waals surface area contributed by atoms with Crippen molar-refractivity contribution in [2.45, 2.75) is 35.1 Å². The van der Waals surface area contributed by atoms with Crippen molar-refractivity contribution in [3.8, 4) is 0 Å². The van der Waals surface area contributed by atoms with Gasteiger partial charge in [0.1, 0.15) is 9.79 Å². The Labute approximate surface area is 113 Å². The summed E-state index contributed by atoms with van der Waals surface area (Å²) in [7, 11) is -6.44. The van der Waals surface area contributed by atoms with Crippen LogP contribution in [-0.4, -0.2) is 34.2 Å². The van der Waals surface area contributed by atoms with Crippen molar-refractivity contribution in [2.24, 2.45) is 5.14 Å². The van der Waals surface area contributed by atoms with E-state index in [1.165, 1.54) is 35.6 Å². The van der Waals surface area contributed by atoms with Gasteiger partial charge in [0.2, 0.25) is 20.0 Å². The highest BCUT2D eigenvalue weighted by Crippen LogP contribution is 2.30. The first-order chi connectivity index (χ1) is 8.74. The minimum absolute atomic E-state index is 0.0569. The van der Waals surface area contributed by atoms with Crippen molar-refractivity contribution in [3.63, 3.8) is 0 Å². The molecule has 2 N–H and O–H groups in total. The van der Waals surface area contributed by atoms with Crippen LogP contribution < -0.4 is 5.14 Å². The van der Waals surface area contributed by atoms with Gasteiger partial charge in [-0.25, -0.2) is 22.0 Å². The van der Waals surface area contributed by atoms with Crippen molar-refractivity contribution in [2.75, 3.05) is 7.05 Å². The largest absolute Gasteiger partial charge is 0.244 e. The number of nitrogens with two attached hydrogens (primary N) is 1. The van der Waals surface area contributed by atoms with E-state index in [1.807, 2.05) is 0 Å². The molecule has 0 saturated heterocycles. The van der Waals surface area contributed by atoms with Crippen LogP contribution in [0.5, 0.6) is 0 Å². The van der Waals surface area contributed by atoms with Crippen LogP contribution >= 0.6 is 0 Å². The molecule has 0 unspecified atom stereocenters. The van der Waals surface area contributed by atoms with Crippen LogP contribution in [0.15, 0.2) is 34.1 Å². The Morgan fingerprint density at radius 1 is 1.11 bits per heavy atom. The first-order valence-corrected chi connectivity index (χ1v) is 8.83. The fourth-order valence-electron chi connectivity index (χ4n) is 2.00. The lowest BCUT2D eigenvalue weighted by atomic mass is 9.94. The van der Waals surface area contributed by atoms with Crippen molar-refractivity contribution >= 4 is 20.0 Å². The van der Waals surface area contributed by atoms with Gasteiger partial charge in [-0.05, 0) is 25.0 Å². The van der Waals surface area contributed by atoms with Gasteiger partial charge in [-0.1, -0.05) is 18.6 Å². The molecule has 0 aliphatic heterocycles. The van der Waals surface area contributed by atoms with Gasteiger partial charge in [0.15, 0.2) is 0 Å². The third kappa shape index (κ3) is 2.66. The molecule has 8 heteroatoms. The fraction of sp³-hybridized carbons (Fsp3) is 0.455. The second-order valence-electron chi connectivity index (χ2n) is 4.60. The Morgan fingerprint density at radius 3 is 2.05 bits per heavy atom. The van der Waals surface area contributed by atoms with Gasteiger partial charge in [-0.3, -0.25) is 0 Å². The van der Waals surface area contributed by atoms with Gasteiger partial charge in [-0.2, -0.15) is 4.31 Å². The second-order valence-corrected chi connectivity index (χ2v) is 8.09. The molecule has 1 aromatic rings. The molecule has 106 valence electrons. The number of hydrogen-bond donors (Lipinski definition) is 1. The molecule has 0 bridgehead atoms. The number of benzene rings is 1. The maximum atomic E-state index is 12.4. The Balaban J connectivity index is 2.52. The average Bonchev–Trinajstić information content (AvgIpc) is 2.25. The summed E-state index contributed by atoms with van der Waals surface area (Å²) in [4.78, 5) is -0.618. The molecule has 1 saturated carbocycles. The summed E-state index contributed by atoms with van der Waals surface area (Å²) in [6, 6.07) is 5.35. The molecular weight excluding hydrogens is 288 g/mol. The molecule has 2 rings (SSSR count). The minimum atomic E-state index is -4.07. The van der Waals surface area contributed by atoms with Crippen molar-refractivity contribution in [3.05, 3.63) is 24.3 Å². The quantitative estimate of drug-likeness (QED) is 0.876. The summed E-state index contributed by atoms with van der Waals surface area (Å²) in [5.41, 5.74) is 0. The summed E-state index contributed by atoms with van der Waals surface area (Å²) in [6.07, 6.45) is 2.59. The molecule has 0 spiro atoms. The van der Waals surface area contributed by atoms with Gasteiger partial charge in [-0.15, -0.1) is 0 Å². The number of primary sulfonamides is 1. The van der Waals surface area contributed by atoms with E-state index < -0.39 is 20.0 Å². The highest BCUT2D eigenvalue weighted by atomic mass is 32.2. The highest BCUT2D eigenvalue weighted by molar-refractivity contribution is 7.92. The van der Waals surface area contributed by atoms with Crippen molar-refractivity contribution < 1.29 is 16.8 Å². The first-order valence-electron chi connectivity index (χ1n) is 5.84. The van der Waals surface area contributed by atoms with Gasteiger partial charge in [0, 0.05) is 13.1 Å². The zero-order valence-electron chi connectivity index (χ0n) is 10.5. The fourth-order valence-corrected chi connectivity index (χ4v) is 4.77. The summed E-state index contributed by atoms with van der Waals surface area (Å²) in [6.45, 7) is 0. The van der Waals surface area contributed by atoms with Crippen LogP contribution in [0.25, 0.3) is 0 Å². The topological polar surface area (TPSA) is 97.5 Å². The second kappa shape index (κ2) is 4.86. The van der Waals surface area contributed by atoms with Crippen LogP contribution in [0, 0.1) is 0 Å². The molecule has 0 atom stereocenters. The predicted molar refractivity (Wildman–Crippen MR) is 70.4 cm³/mol. The van der Waals surface area contributed by atoms with E-state index >= 15 is 0 Å². The van der Waals surface area contributed by atoms with E-state index in [2.05, 4.69) is 0 Å². The monoisotopic (exact) mass is 304 g/mol. The van der Waals surface area contributed by atoms with Gasteiger partial charge < -0.3 is 0 Å². The molecule has 19 heavy (non-hydrogen) atoms. The maximum absolute atomic E-state index is 12.4. The average molecular weight is 304 g/mol. The zero-order chi connectivity index (χ0) is 14.3. The van der Waals surface area contributed by atoms with E-state index in [-0.39, 0.29) is 15.8 Å². The number of sulfonamides is 2. The maximum Gasteiger partial charge on any atom is 0.244 e. The molecule has 1 fully saturated rings. The van der Waals surface area contributed by atoms with Crippen LogP contribution in [0.1, 0.15) is 19.3 Å². The number of nitrogens with zero attached hydrogens (tertiary/aromatic N) is 1. The van der Waals surface area contributed by atoms with E-state index in [0.717, 1.165) is 19.3 Å². The molecule has 1 aromatic carbocycles. The predicted octanol–water partition coefficient (Wildman–Crippen LogP) is 0.507. The Kier molecular flexibility index (Phi) is 3.69. The molecule has 0 aromatic heterocycles. The van der Waals surface area contributed by atoms with E-state index in [9.17, 15) is 16.8 Å². The lowest BCUT2D eigenvalue weighted by Crippen LogP contribution is -2.41. The van der Waals surface area contributed by atoms with Crippen molar-refractivity contribution in [1.29, 1.82) is 0 Å². The lowest BCUT2D eigenvalue weighted by Gasteiger charge is -2.34. The SMILES string of the molecule is CN(C1CCC1)S(=O)(=O)c1ccccc1S(N)(=O)=O. The molecular formula is C11H16N2O4S2. The van der Waals surface area contributed by atoms with Gasteiger partial charge in [0.05, 0.1) is 0 Å². The Hall–Kier alpha value is -0.960.